The Morgan fingerprint density at radius 2 is 1.89 bits per heavy atom. The van der Waals surface area contributed by atoms with Gasteiger partial charge in [0.25, 0.3) is 0 Å². The number of benzene rings is 1. The van der Waals surface area contributed by atoms with Crippen LogP contribution in [0.15, 0.2) is 30.3 Å². The van der Waals surface area contributed by atoms with Crippen LogP contribution in [0.1, 0.15) is 18.9 Å². The van der Waals surface area contributed by atoms with E-state index < -0.39 is 0 Å². The zero-order chi connectivity index (χ0) is 14.1. The number of ether oxygens (including phenoxy) is 1. The van der Waals surface area contributed by atoms with Crippen molar-refractivity contribution < 1.29 is 14.3 Å². The summed E-state index contributed by atoms with van der Waals surface area (Å²) >= 11 is 2.21. The van der Waals surface area contributed by atoms with Gasteiger partial charge in [0, 0.05) is 24.4 Å². The van der Waals surface area contributed by atoms with Crippen molar-refractivity contribution in [1.29, 1.82) is 0 Å². The maximum atomic E-state index is 11.6. The zero-order valence-corrected chi connectivity index (χ0v) is 13.1. The Labute approximate surface area is 127 Å². The number of halogens is 1. The highest BCUT2D eigenvalue weighted by Gasteiger charge is 2.11. The Morgan fingerprint density at radius 3 is 2.47 bits per heavy atom. The van der Waals surface area contributed by atoms with E-state index in [9.17, 15) is 9.59 Å². The Kier molecular flexibility index (Phi) is 7.47. The van der Waals surface area contributed by atoms with E-state index in [1.54, 1.807) is 4.90 Å². The lowest BCUT2D eigenvalue weighted by molar-refractivity contribution is -0.145. The third kappa shape index (κ3) is 6.56. The first-order valence-corrected chi connectivity index (χ1v) is 7.67. The molecule has 1 aromatic rings. The molecule has 0 radical (unpaired) electrons. The van der Waals surface area contributed by atoms with Crippen molar-refractivity contribution in [2.45, 2.75) is 20.0 Å². The molecule has 4 nitrogen and oxygen atoms in total. The first-order chi connectivity index (χ1) is 9.13. The molecule has 104 valence electrons. The lowest BCUT2D eigenvalue weighted by Gasteiger charge is -2.19. The van der Waals surface area contributed by atoms with Crippen molar-refractivity contribution in [2.24, 2.45) is 0 Å². The van der Waals surface area contributed by atoms with Crippen LogP contribution in [0, 0.1) is 0 Å². The molecular formula is C14H18INO3. The van der Waals surface area contributed by atoms with E-state index >= 15 is 0 Å². The maximum Gasteiger partial charge on any atom is 0.307 e. The highest BCUT2D eigenvalue weighted by Crippen LogP contribution is 2.03. The van der Waals surface area contributed by atoms with Gasteiger partial charge in [-0.05, 0) is 5.56 Å². The SMILES string of the molecule is CC(=O)N(CCI)CCC(=O)OCc1ccccc1. The monoisotopic (exact) mass is 375 g/mol. The molecule has 0 aromatic heterocycles. The fourth-order valence-corrected chi connectivity index (χ4v) is 2.15. The van der Waals surface area contributed by atoms with Crippen LogP contribution in [0.3, 0.4) is 0 Å². The number of amides is 1. The summed E-state index contributed by atoms with van der Waals surface area (Å²) in [5, 5.41) is 0. The van der Waals surface area contributed by atoms with Crippen LogP contribution >= 0.6 is 22.6 Å². The summed E-state index contributed by atoms with van der Waals surface area (Å²) in [6.07, 6.45) is 0.239. The molecule has 1 aromatic carbocycles. The van der Waals surface area contributed by atoms with Crippen molar-refractivity contribution in [3.8, 4) is 0 Å². The first-order valence-electron chi connectivity index (χ1n) is 6.14. The van der Waals surface area contributed by atoms with E-state index in [4.69, 9.17) is 4.74 Å². The van der Waals surface area contributed by atoms with Gasteiger partial charge in [-0.3, -0.25) is 9.59 Å². The average Bonchev–Trinajstić information content (AvgIpc) is 2.42. The molecule has 0 saturated heterocycles. The molecule has 0 bridgehead atoms. The van der Waals surface area contributed by atoms with Crippen LogP contribution in [0.4, 0.5) is 0 Å². The number of esters is 1. The third-order valence-electron chi connectivity index (χ3n) is 2.63. The molecule has 0 fully saturated rings. The summed E-state index contributed by atoms with van der Waals surface area (Å²) in [5.41, 5.74) is 0.964. The van der Waals surface area contributed by atoms with Gasteiger partial charge in [-0.15, -0.1) is 0 Å². The summed E-state index contributed by atoms with van der Waals surface area (Å²) in [6, 6.07) is 9.54. The molecular weight excluding hydrogens is 357 g/mol. The number of carbonyl (C=O) groups is 2. The van der Waals surface area contributed by atoms with Gasteiger partial charge in [0.15, 0.2) is 0 Å². The Bertz CT molecular complexity index is 408. The third-order valence-corrected chi connectivity index (χ3v) is 3.11. The highest BCUT2D eigenvalue weighted by molar-refractivity contribution is 14.1. The van der Waals surface area contributed by atoms with Gasteiger partial charge in [0.05, 0.1) is 6.42 Å². The van der Waals surface area contributed by atoms with Gasteiger partial charge >= 0.3 is 5.97 Å². The van der Waals surface area contributed by atoms with Crippen LogP contribution in [-0.4, -0.2) is 34.3 Å². The largest absolute Gasteiger partial charge is 0.461 e. The molecule has 0 atom stereocenters. The Hall–Kier alpha value is -1.11. The summed E-state index contributed by atoms with van der Waals surface area (Å²) in [5.74, 6) is -0.281. The van der Waals surface area contributed by atoms with E-state index in [0.29, 0.717) is 13.1 Å². The molecule has 19 heavy (non-hydrogen) atoms. The molecule has 0 saturated carbocycles. The van der Waals surface area contributed by atoms with Gasteiger partial charge in [0.2, 0.25) is 5.91 Å². The molecule has 1 rings (SSSR count). The summed E-state index contributed by atoms with van der Waals surface area (Å²) in [7, 11) is 0. The number of nitrogens with zero attached hydrogens (tertiary/aromatic N) is 1. The summed E-state index contributed by atoms with van der Waals surface area (Å²) < 4.78 is 6.02. The van der Waals surface area contributed by atoms with Gasteiger partial charge in [-0.1, -0.05) is 52.9 Å². The minimum absolute atomic E-state index is 0.00692. The second-order valence-electron chi connectivity index (χ2n) is 4.09. The second-order valence-corrected chi connectivity index (χ2v) is 5.17. The van der Waals surface area contributed by atoms with Crippen molar-refractivity contribution in [2.75, 3.05) is 17.5 Å². The smallest absolute Gasteiger partial charge is 0.307 e. The maximum absolute atomic E-state index is 11.6. The molecule has 0 unspecified atom stereocenters. The van der Waals surface area contributed by atoms with E-state index in [2.05, 4.69) is 22.6 Å². The molecule has 0 aliphatic carbocycles. The molecule has 5 heteroatoms. The van der Waals surface area contributed by atoms with Crippen LogP contribution in [0.25, 0.3) is 0 Å². The van der Waals surface area contributed by atoms with Crippen LogP contribution in [0.5, 0.6) is 0 Å². The predicted molar refractivity (Wildman–Crippen MR) is 82.0 cm³/mol. The van der Waals surface area contributed by atoms with Crippen molar-refractivity contribution in [3.05, 3.63) is 35.9 Å². The lowest BCUT2D eigenvalue weighted by Crippen LogP contribution is -2.32. The number of hydrogen-bond donors (Lipinski definition) is 0. The standard InChI is InChI=1S/C14H18INO3/c1-12(17)16(10-8-15)9-7-14(18)19-11-13-5-3-2-4-6-13/h2-6H,7-11H2,1H3. The zero-order valence-electron chi connectivity index (χ0n) is 11.0. The minimum atomic E-state index is -0.274. The number of hydrogen-bond acceptors (Lipinski definition) is 3. The number of rotatable bonds is 7. The normalized spacial score (nSPS) is 10.0. The Morgan fingerprint density at radius 1 is 1.21 bits per heavy atom. The van der Waals surface area contributed by atoms with E-state index in [0.717, 1.165) is 9.99 Å². The van der Waals surface area contributed by atoms with Crippen LogP contribution in [-0.2, 0) is 20.9 Å². The molecule has 1 amide bonds. The molecule has 0 aliphatic heterocycles. The van der Waals surface area contributed by atoms with Crippen molar-refractivity contribution in [1.82, 2.24) is 4.90 Å². The molecule has 0 spiro atoms. The lowest BCUT2D eigenvalue weighted by atomic mass is 10.2. The topological polar surface area (TPSA) is 46.6 Å². The summed E-state index contributed by atoms with van der Waals surface area (Å²) in [6.45, 7) is 2.89. The molecule has 0 aliphatic rings. The molecule has 0 N–H and O–H groups in total. The number of alkyl halides is 1. The van der Waals surface area contributed by atoms with Crippen molar-refractivity contribution in [3.63, 3.8) is 0 Å². The predicted octanol–water partition coefficient (Wildman–Crippen LogP) is 2.40. The van der Waals surface area contributed by atoms with Gasteiger partial charge in [0.1, 0.15) is 6.61 Å². The van der Waals surface area contributed by atoms with E-state index in [1.165, 1.54) is 6.92 Å². The van der Waals surface area contributed by atoms with Gasteiger partial charge in [-0.25, -0.2) is 0 Å². The minimum Gasteiger partial charge on any atom is -0.461 e. The number of carbonyl (C=O) groups excluding carboxylic acids is 2. The first kappa shape index (κ1) is 15.9. The Balaban J connectivity index is 2.29. The van der Waals surface area contributed by atoms with E-state index in [-0.39, 0.29) is 24.9 Å². The quantitative estimate of drug-likeness (QED) is 0.418. The van der Waals surface area contributed by atoms with Crippen molar-refractivity contribution >= 4 is 34.5 Å². The summed E-state index contributed by atoms with van der Waals surface area (Å²) in [4.78, 5) is 24.5. The fourth-order valence-electron chi connectivity index (χ4n) is 1.57. The highest BCUT2D eigenvalue weighted by atomic mass is 127. The van der Waals surface area contributed by atoms with Crippen LogP contribution < -0.4 is 0 Å². The van der Waals surface area contributed by atoms with Crippen LogP contribution in [0.2, 0.25) is 0 Å². The average molecular weight is 375 g/mol. The second kappa shape index (κ2) is 8.90. The van der Waals surface area contributed by atoms with Gasteiger partial charge in [-0.2, -0.15) is 0 Å². The van der Waals surface area contributed by atoms with E-state index in [1.807, 2.05) is 30.3 Å². The van der Waals surface area contributed by atoms with Gasteiger partial charge < -0.3 is 9.64 Å². The molecule has 0 heterocycles. The fraction of sp³-hybridized carbons (Fsp3) is 0.429.